The van der Waals surface area contributed by atoms with Gasteiger partial charge in [0.05, 0.1) is 34.8 Å². The molecule has 2 aromatic carbocycles. The molecule has 1 saturated carbocycles. The van der Waals surface area contributed by atoms with Crippen molar-refractivity contribution in [3.63, 3.8) is 0 Å². The highest BCUT2D eigenvalue weighted by atomic mass is 35.5. The van der Waals surface area contributed by atoms with E-state index in [4.69, 9.17) is 21.1 Å². The molecule has 0 unspecified atom stereocenters. The van der Waals surface area contributed by atoms with Crippen molar-refractivity contribution >= 4 is 28.5 Å². The summed E-state index contributed by atoms with van der Waals surface area (Å²) in [5, 5.41) is 10.3. The second kappa shape index (κ2) is 9.39. The predicted molar refractivity (Wildman–Crippen MR) is 125 cm³/mol. The van der Waals surface area contributed by atoms with Crippen LogP contribution in [-0.4, -0.2) is 22.2 Å². The van der Waals surface area contributed by atoms with Gasteiger partial charge >= 0.3 is 12.1 Å². The van der Waals surface area contributed by atoms with Crippen LogP contribution < -0.4 is 4.74 Å². The van der Waals surface area contributed by atoms with Crippen molar-refractivity contribution in [3.8, 4) is 5.75 Å². The number of alkyl halides is 3. The van der Waals surface area contributed by atoms with E-state index in [-0.39, 0.29) is 18.9 Å². The summed E-state index contributed by atoms with van der Waals surface area (Å²) in [5.74, 6) is -0.557. The number of carboxylic acids is 1. The summed E-state index contributed by atoms with van der Waals surface area (Å²) in [6, 6.07) is 9.81. The third-order valence-electron chi connectivity index (χ3n) is 6.93. The van der Waals surface area contributed by atoms with Crippen LogP contribution in [-0.2, 0) is 28.9 Å². The molecule has 5 rings (SSSR count). The van der Waals surface area contributed by atoms with E-state index in [0.717, 1.165) is 31.2 Å². The van der Waals surface area contributed by atoms with Gasteiger partial charge in [-0.2, -0.15) is 13.2 Å². The van der Waals surface area contributed by atoms with Crippen LogP contribution >= 0.6 is 11.6 Å². The molecule has 35 heavy (non-hydrogen) atoms. The van der Waals surface area contributed by atoms with Gasteiger partial charge in [-0.15, -0.1) is 0 Å². The molecule has 1 aliphatic carbocycles. The molecule has 1 aliphatic heterocycles. The molecule has 1 aromatic heterocycles. The normalized spacial score (nSPS) is 18.7. The summed E-state index contributed by atoms with van der Waals surface area (Å²) < 4.78 is 54.8. The number of carboxylic acid groups (broad SMARTS) is 1. The van der Waals surface area contributed by atoms with Gasteiger partial charge in [0.25, 0.3) is 0 Å². The second-order valence-corrected chi connectivity index (χ2v) is 9.55. The van der Waals surface area contributed by atoms with Gasteiger partial charge in [-0.05, 0) is 54.2 Å². The first kappa shape index (κ1) is 24.0. The van der Waals surface area contributed by atoms with Crippen molar-refractivity contribution in [3.05, 3.63) is 63.8 Å². The molecule has 1 N–H and O–H groups in total. The first-order chi connectivity index (χ1) is 16.7. The van der Waals surface area contributed by atoms with E-state index in [2.05, 4.69) is 0 Å². The Morgan fingerprint density at radius 3 is 2.66 bits per heavy atom. The van der Waals surface area contributed by atoms with Crippen LogP contribution in [0, 0.1) is 0 Å². The number of hydrogen-bond acceptors (Lipinski definition) is 3. The summed E-state index contributed by atoms with van der Waals surface area (Å²) in [5.41, 5.74) is 1.69. The molecule has 2 heterocycles. The number of nitrogens with zero attached hydrogens (tertiary/aromatic N) is 1. The van der Waals surface area contributed by atoms with E-state index >= 15 is 0 Å². The quantitative estimate of drug-likeness (QED) is 0.386. The Morgan fingerprint density at radius 2 is 1.94 bits per heavy atom. The van der Waals surface area contributed by atoms with Gasteiger partial charge in [-0.3, -0.25) is 4.79 Å². The largest absolute Gasteiger partial charge is 0.489 e. The third kappa shape index (κ3) is 4.74. The summed E-state index contributed by atoms with van der Waals surface area (Å²) in [4.78, 5) is 11.2. The fraction of sp³-hybridized carbons (Fsp3) is 0.423. The van der Waals surface area contributed by atoms with Crippen molar-refractivity contribution in [1.82, 2.24) is 4.57 Å². The lowest BCUT2D eigenvalue weighted by Crippen LogP contribution is -2.23. The molecular formula is C26H25ClF3NO4. The molecule has 186 valence electrons. The van der Waals surface area contributed by atoms with Crippen LogP contribution in [0.1, 0.15) is 66.5 Å². The molecule has 2 aliphatic rings. The van der Waals surface area contributed by atoms with Gasteiger partial charge < -0.3 is 19.1 Å². The molecule has 3 aromatic rings. The monoisotopic (exact) mass is 507 g/mol. The fourth-order valence-electron chi connectivity index (χ4n) is 5.34. The van der Waals surface area contributed by atoms with Gasteiger partial charge in [-0.1, -0.05) is 36.6 Å². The Labute approximate surface area is 205 Å². The SMILES string of the molecule is O=C(O)C[C@H]1OCCn2c1c(Cl)c1cc(OCc3ccc(C4CCCC4)c(C(F)(F)F)c3)ccc12. The maximum absolute atomic E-state index is 13.8. The zero-order chi connectivity index (χ0) is 24.7. The van der Waals surface area contributed by atoms with Gasteiger partial charge in [0.1, 0.15) is 18.5 Å². The first-order valence-electron chi connectivity index (χ1n) is 11.7. The fourth-order valence-corrected chi connectivity index (χ4v) is 5.71. The van der Waals surface area contributed by atoms with Crippen LogP contribution in [0.5, 0.6) is 5.75 Å². The van der Waals surface area contributed by atoms with Crippen LogP contribution in [0.2, 0.25) is 5.02 Å². The molecule has 9 heteroatoms. The van der Waals surface area contributed by atoms with Crippen molar-refractivity contribution in [2.24, 2.45) is 0 Å². The topological polar surface area (TPSA) is 60.7 Å². The Bertz CT molecular complexity index is 1260. The average Bonchev–Trinajstić information content (AvgIpc) is 3.44. The van der Waals surface area contributed by atoms with Crippen molar-refractivity contribution < 1.29 is 32.5 Å². The number of aliphatic carboxylic acids is 1. The lowest BCUT2D eigenvalue weighted by molar-refractivity contribution is -0.141. The van der Waals surface area contributed by atoms with E-state index < -0.39 is 23.8 Å². The molecule has 1 fully saturated rings. The highest BCUT2D eigenvalue weighted by Crippen LogP contribution is 2.43. The van der Waals surface area contributed by atoms with E-state index in [1.165, 1.54) is 6.07 Å². The Morgan fingerprint density at radius 1 is 1.17 bits per heavy atom. The molecular weight excluding hydrogens is 483 g/mol. The first-order valence-corrected chi connectivity index (χ1v) is 12.1. The average molecular weight is 508 g/mol. The second-order valence-electron chi connectivity index (χ2n) is 9.18. The van der Waals surface area contributed by atoms with E-state index in [0.29, 0.717) is 46.1 Å². The van der Waals surface area contributed by atoms with Crippen LogP contribution in [0.3, 0.4) is 0 Å². The predicted octanol–water partition coefficient (Wildman–Crippen LogP) is 7.10. The minimum atomic E-state index is -4.42. The molecule has 0 saturated heterocycles. The number of fused-ring (bicyclic) bond motifs is 3. The van der Waals surface area contributed by atoms with Crippen molar-refractivity contribution in [2.75, 3.05) is 6.61 Å². The van der Waals surface area contributed by atoms with Gasteiger partial charge in [0.2, 0.25) is 0 Å². The smallest absolute Gasteiger partial charge is 0.416 e. The van der Waals surface area contributed by atoms with Crippen LogP contribution in [0.15, 0.2) is 36.4 Å². The third-order valence-corrected chi connectivity index (χ3v) is 7.33. The van der Waals surface area contributed by atoms with Crippen molar-refractivity contribution in [2.45, 2.75) is 63.5 Å². The zero-order valence-electron chi connectivity index (χ0n) is 18.9. The van der Waals surface area contributed by atoms with Crippen LogP contribution in [0.4, 0.5) is 13.2 Å². The molecule has 0 amide bonds. The van der Waals surface area contributed by atoms with E-state index in [9.17, 15) is 23.1 Å². The Kier molecular flexibility index (Phi) is 6.44. The summed E-state index contributed by atoms with van der Waals surface area (Å²) in [6.45, 7) is 0.902. The Balaban J connectivity index is 1.40. The molecule has 0 radical (unpaired) electrons. The summed E-state index contributed by atoms with van der Waals surface area (Å²) in [6.07, 6.45) is -1.75. The number of carbonyl (C=O) groups is 1. The maximum atomic E-state index is 13.8. The molecule has 5 nitrogen and oxygen atoms in total. The lowest BCUT2D eigenvalue weighted by Gasteiger charge is -2.25. The minimum absolute atomic E-state index is 0.0184. The van der Waals surface area contributed by atoms with E-state index in [1.54, 1.807) is 24.3 Å². The summed E-state index contributed by atoms with van der Waals surface area (Å²) in [7, 11) is 0. The number of benzene rings is 2. The number of halogens is 4. The highest BCUT2D eigenvalue weighted by Gasteiger charge is 2.36. The van der Waals surface area contributed by atoms with E-state index in [1.807, 2.05) is 10.6 Å². The molecule has 1 atom stereocenters. The number of ether oxygens (including phenoxy) is 2. The number of hydrogen-bond donors (Lipinski definition) is 1. The number of rotatable bonds is 6. The van der Waals surface area contributed by atoms with Crippen molar-refractivity contribution in [1.29, 1.82) is 0 Å². The minimum Gasteiger partial charge on any atom is -0.489 e. The summed E-state index contributed by atoms with van der Waals surface area (Å²) >= 11 is 6.62. The molecule has 0 spiro atoms. The van der Waals surface area contributed by atoms with Gasteiger partial charge in [0, 0.05) is 11.9 Å². The Hall–Kier alpha value is -2.71. The standard InChI is InChI=1S/C26H25ClF3NO4/c27-24-19-12-17(6-8-21(19)31-9-10-34-22(25(24)31)13-23(32)33)35-14-15-5-7-18(16-3-1-2-4-16)20(11-15)26(28,29)30/h5-8,11-12,16,22H,1-4,9-10,13-14H2,(H,32,33)/t22-/m1/s1. The van der Waals surface area contributed by atoms with Gasteiger partial charge in [-0.25, -0.2) is 0 Å². The lowest BCUT2D eigenvalue weighted by atomic mass is 9.91. The van der Waals surface area contributed by atoms with Crippen LogP contribution in [0.25, 0.3) is 10.9 Å². The zero-order valence-corrected chi connectivity index (χ0v) is 19.7. The highest BCUT2D eigenvalue weighted by molar-refractivity contribution is 6.36. The number of aromatic nitrogens is 1. The molecule has 0 bridgehead atoms. The van der Waals surface area contributed by atoms with Gasteiger partial charge in [0.15, 0.2) is 0 Å². The maximum Gasteiger partial charge on any atom is 0.416 e.